The van der Waals surface area contributed by atoms with Crippen molar-refractivity contribution in [1.29, 1.82) is 0 Å². The molecule has 1 heterocycles. The first kappa shape index (κ1) is 18.9. The zero-order valence-corrected chi connectivity index (χ0v) is 16.4. The van der Waals surface area contributed by atoms with Gasteiger partial charge in [0.2, 0.25) is 5.91 Å². The summed E-state index contributed by atoms with van der Waals surface area (Å²) in [7, 11) is 1.64. The highest BCUT2D eigenvalue weighted by atomic mass is 32.1. The summed E-state index contributed by atoms with van der Waals surface area (Å²) in [5.74, 6) is 1.53. The molecule has 0 bridgehead atoms. The first-order chi connectivity index (χ1) is 13.1. The van der Waals surface area contributed by atoms with Crippen molar-refractivity contribution in [2.24, 2.45) is 0 Å². The Labute approximate surface area is 163 Å². The zero-order chi connectivity index (χ0) is 19.2. The molecule has 0 atom stereocenters. The standard InChI is InChI=1S/C21H22N2O3S/c1-4-26-18-11-7-16(8-12-18)23-20(24)13-19-14(2)22-21(27-19)15-5-9-17(25-3)10-6-15/h5-12H,4,13H2,1-3H3,(H,23,24). The Kier molecular flexibility index (Phi) is 6.08. The van der Waals surface area contributed by atoms with E-state index in [-0.39, 0.29) is 5.91 Å². The van der Waals surface area contributed by atoms with Crippen LogP contribution in [0.25, 0.3) is 10.6 Å². The fraction of sp³-hybridized carbons (Fsp3) is 0.238. The van der Waals surface area contributed by atoms with Gasteiger partial charge < -0.3 is 14.8 Å². The third-order valence-electron chi connectivity index (χ3n) is 4.00. The van der Waals surface area contributed by atoms with E-state index < -0.39 is 0 Å². The van der Waals surface area contributed by atoms with Gasteiger partial charge in [-0.05, 0) is 62.4 Å². The van der Waals surface area contributed by atoms with E-state index in [4.69, 9.17) is 9.47 Å². The Bertz CT molecular complexity index is 902. The minimum atomic E-state index is -0.0628. The molecule has 0 aliphatic rings. The van der Waals surface area contributed by atoms with Crippen molar-refractivity contribution in [3.8, 4) is 22.1 Å². The third-order valence-corrected chi connectivity index (χ3v) is 5.21. The molecule has 1 aromatic heterocycles. The highest BCUT2D eigenvalue weighted by Crippen LogP contribution is 2.29. The van der Waals surface area contributed by atoms with Crippen molar-refractivity contribution in [2.45, 2.75) is 20.3 Å². The number of rotatable bonds is 7. The number of methoxy groups -OCH3 is 1. The van der Waals surface area contributed by atoms with E-state index in [1.165, 1.54) is 0 Å². The molecule has 140 valence electrons. The summed E-state index contributed by atoms with van der Waals surface area (Å²) >= 11 is 1.54. The van der Waals surface area contributed by atoms with E-state index in [0.29, 0.717) is 13.0 Å². The number of aromatic nitrogens is 1. The lowest BCUT2D eigenvalue weighted by atomic mass is 10.2. The lowest BCUT2D eigenvalue weighted by Crippen LogP contribution is -2.14. The molecule has 0 saturated heterocycles. The van der Waals surface area contributed by atoms with Gasteiger partial charge in [-0.1, -0.05) is 0 Å². The monoisotopic (exact) mass is 382 g/mol. The number of nitrogens with one attached hydrogen (secondary N) is 1. The molecule has 0 aliphatic heterocycles. The number of anilines is 1. The minimum absolute atomic E-state index is 0.0628. The number of ether oxygens (including phenoxy) is 2. The smallest absolute Gasteiger partial charge is 0.229 e. The predicted molar refractivity (Wildman–Crippen MR) is 109 cm³/mol. The molecule has 2 aromatic carbocycles. The Morgan fingerprint density at radius 3 is 2.37 bits per heavy atom. The Morgan fingerprint density at radius 1 is 1.07 bits per heavy atom. The summed E-state index contributed by atoms with van der Waals surface area (Å²) in [4.78, 5) is 18.0. The SMILES string of the molecule is CCOc1ccc(NC(=O)Cc2sc(-c3ccc(OC)cc3)nc2C)cc1. The van der Waals surface area contributed by atoms with Crippen LogP contribution in [-0.2, 0) is 11.2 Å². The van der Waals surface area contributed by atoms with E-state index in [0.717, 1.165) is 38.3 Å². The molecule has 5 nitrogen and oxygen atoms in total. The largest absolute Gasteiger partial charge is 0.497 e. The average Bonchev–Trinajstić information content (AvgIpc) is 3.04. The number of aryl methyl sites for hydroxylation is 1. The lowest BCUT2D eigenvalue weighted by molar-refractivity contribution is -0.115. The van der Waals surface area contributed by atoms with Gasteiger partial charge in [0.1, 0.15) is 16.5 Å². The summed E-state index contributed by atoms with van der Waals surface area (Å²) in [6.45, 7) is 4.49. The van der Waals surface area contributed by atoms with Crippen LogP contribution in [-0.4, -0.2) is 24.6 Å². The summed E-state index contributed by atoms with van der Waals surface area (Å²) in [6, 6.07) is 15.1. The van der Waals surface area contributed by atoms with Gasteiger partial charge in [-0.25, -0.2) is 4.98 Å². The number of carbonyl (C=O) groups excluding carboxylic acids is 1. The first-order valence-electron chi connectivity index (χ1n) is 8.72. The van der Waals surface area contributed by atoms with Crippen molar-refractivity contribution in [1.82, 2.24) is 4.98 Å². The fourth-order valence-electron chi connectivity index (χ4n) is 2.60. The van der Waals surface area contributed by atoms with Crippen molar-refractivity contribution in [3.05, 3.63) is 59.1 Å². The second-order valence-corrected chi connectivity index (χ2v) is 7.02. The number of benzene rings is 2. The zero-order valence-electron chi connectivity index (χ0n) is 15.6. The van der Waals surface area contributed by atoms with Gasteiger partial charge in [-0.15, -0.1) is 11.3 Å². The first-order valence-corrected chi connectivity index (χ1v) is 9.54. The van der Waals surface area contributed by atoms with E-state index in [2.05, 4.69) is 10.3 Å². The van der Waals surface area contributed by atoms with Crippen LogP contribution in [0.5, 0.6) is 11.5 Å². The summed E-state index contributed by atoms with van der Waals surface area (Å²) in [5.41, 5.74) is 2.65. The number of hydrogen-bond acceptors (Lipinski definition) is 5. The van der Waals surface area contributed by atoms with Crippen LogP contribution in [0.4, 0.5) is 5.69 Å². The minimum Gasteiger partial charge on any atom is -0.497 e. The van der Waals surface area contributed by atoms with Gasteiger partial charge in [-0.3, -0.25) is 4.79 Å². The van der Waals surface area contributed by atoms with Gasteiger partial charge in [-0.2, -0.15) is 0 Å². The van der Waals surface area contributed by atoms with Crippen LogP contribution in [0.2, 0.25) is 0 Å². The van der Waals surface area contributed by atoms with Crippen LogP contribution >= 0.6 is 11.3 Å². The number of nitrogens with zero attached hydrogens (tertiary/aromatic N) is 1. The predicted octanol–water partition coefficient (Wildman–Crippen LogP) is 4.71. The Balaban J connectivity index is 1.66. The van der Waals surface area contributed by atoms with E-state index >= 15 is 0 Å². The Morgan fingerprint density at radius 2 is 1.74 bits per heavy atom. The second-order valence-electron chi connectivity index (χ2n) is 5.94. The molecular formula is C21H22N2O3S. The van der Waals surface area contributed by atoms with Crippen LogP contribution < -0.4 is 14.8 Å². The van der Waals surface area contributed by atoms with Gasteiger partial charge in [0.25, 0.3) is 0 Å². The van der Waals surface area contributed by atoms with E-state index in [1.54, 1.807) is 18.4 Å². The molecule has 1 N–H and O–H groups in total. The highest BCUT2D eigenvalue weighted by molar-refractivity contribution is 7.15. The molecule has 0 spiro atoms. The molecule has 3 aromatic rings. The molecule has 1 amide bonds. The lowest BCUT2D eigenvalue weighted by Gasteiger charge is -2.06. The van der Waals surface area contributed by atoms with Crippen molar-refractivity contribution >= 4 is 22.9 Å². The Hall–Kier alpha value is -2.86. The maximum Gasteiger partial charge on any atom is 0.229 e. The van der Waals surface area contributed by atoms with Gasteiger partial charge in [0.05, 0.1) is 25.8 Å². The molecule has 0 unspecified atom stereocenters. The van der Waals surface area contributed by atoms with E-state index in [9.17, 15) is 4.79 Å². The maximum atomic E-state index is 12.4. The maximum absolute atomic E-state index is 12.4. The molecule has 0 saturated carbocycles. The molecular weight excluding hydrogens is 360 g/mol. The van der Waals surface area contributed by atoms with Gasteiger partial charge >= 0.3 is 0 Å². The normalized spacial score (nSPS) is 10.5. The molecule has 3 rings (SSSR count). The quantitative estimate of drug-likeness (QED) is 0.643. The van der Waals surface area contributed by atoms with Crippen molar-refractivity contribution in [2.75, 3.05) is 19.0 Å². The van der Waals surface area contributed by atoms with Crippen LogP contribution in [0.15, 0.2) is 48.5 Å². The van der Waals surface area contributed by atoms with Gasteiger partial charge in [0.15, 0.2) is 0 Å². The second kappa shape index (κ2) is 8.68. The number of carbonyl (C=O) groups is 1. The van der Waals surface area contributed by atoms with Gasteiger partial charge in [0, 0.05) is 16.1 Å². The number of amides is 1. The summed E-state index contributed by atoms with van der Waals surface area (Å²) in [6.07, 6.45) is 0.298. The van der Waals surface area contributed by atoms with Crippen LogP contribution in [0.3, 0.4) is 0 Å². The fourth-order valence-corrected chi connectivity index (χ4v) is 3.67. The average molecular weight is 382 g/mol. The molecule has 0 radical (unpaired) electrons. The number of thiazole rings is 1. The molecule has 6 heteroatoms. The van der Waals surface area contributed by atoms with Crippen molar-refractivity contribution < 1.29 is 14.3 Å². The van der Waals surface area contributed by atoms with Crippen LogP contribution in [0, 0.1) is 6.92 Å². The molecule has 0 fully saturated rings. The highest BCUT2D eigenvalue weighted by Gasteiger charge is 2.13. The summed E-state index contributed by atoms with van der Waals surface area (Å²) < 4.78 is 10.6. The summed E-state index contributed by atoms with van der Waals surface area (Å²) in [5, 5.41) is 3.82. The topological polar surface area (TPSA) is 60.5 Å². The van der Waals surface area contributed by atoms with Crippen molar-refractivity contribution in [3.63, 3.8) is 0 Å². The third kappa shape index (κ3) is 4.86. The molecule has 27 heavy (non-hydrogen) atoms. The molecule has 0 aliphatic carbocycles. The van der Waals surface area contributed by atoms with E-state index in [1.807, 2.05) is 62.4 Å². The number of hydrogen-bond donors (Lipinski definition) is 1. The van der Waals surface area contributed by atoms with Crippen LogP contribution in [0.1, 0.15) is 17.5 Å².